The number of allylic oxidation sites excluding steroid dienone is 1. The van der Waals surface area contributed by atoms with Crippen molar-refractivity contribution in [3.05, 3.63) is 71.5 Å². The van der Waals surface area contributed by atoms with Gasteiger partial charge in [-0.1, -0.05) is 29.8 Å². The van der Waals surface area contributed by atoms with Gasteiger partial charge < -0.3 is 5.11 Å². The summed E-state index contributed by atoms with van der Waals surface area (Å²) in [5.74, 6) is -0.802. The van der Waals surface area contributed by atoms with Crippen LogP contribution < -0.4 is 4.72 Å². The van der Waals surface area contributed by atoms with Crippen LogP contribution in [-0.2, 0) is 21.4 Å². The first-order valence-electron chi connectivity index (χ1n) is 10.1. The molecular formula is C22H26ClN3O4S. The fourth-order valence-corrected chi connectivity index (χ4v) is 5.02. The molecule has 0 aliphatic carbocycles. The number of likely N-dealkylation sites (tertiary alicyclic amines) is 1. The van der Waals surface area contributed by atoms with Crippen LogP contribution in [0.1, 0.15) is 31.2 Å². The summed E-state index contributed by atoms with van der Waals surface area (Å²) in [5, 5.41) is 9.25. The molecule has 1 aromatic carbocycles. The van der Waals surface area contributed by atoms with Crippen molar-refractivity contribution in [2.24, 2.45) is 0 Å². The Hall–Kier alpha value is -2.26. The Morgan fingerprint density at radius 3 is 2.74 bits per heavy atom. The minimum Gasteiger partial charge on any atom is -0.481 e. The highest BCUT2D eigenvalue weighted by Gasteiger charge is 2.33. The van der Waals surface area contributed by atoms with Gasteiger partial charge >= 0.3 is 5.97 Å². The van der Waals surface area contributed by atoms with E-state index in [1.54, 1.807) is 24.5 Å². The molecule has 1 saturated heterocycles. The van der Waals surface area contributed by atoms with E-state index in [0.717, 1.165) is 5.56 Å². The van der Waals surface area contributed by atoms with Crippen molar-refractivity contribution >= 4 is 27.6 Å². The number of sulfonamides is 1. The number of hydrogen-bond acceptors (Lipinski definition) is 5. The Labute approximate surface area is 187 Å². The van der Waals surface area contributed by atoms with Crippen LogP contribution in [0.2, 0.25) is 5.02 Å². The Morgan fingerprint density at radius 2 is 2.06 bits per heavy atom. The third-order valence-electron chi connectivity index (χ3n) is 5.12. The lowest BCUT2D eigenvalue weighted by molar-refractivity contribution is -0.137. The number of rotatable bonds is 10. The molecule has 3 rings (SSSR count). The Morgan fingerprint density at radius 1 is 1.29 bits per heavy atom. The van der Waals surface area contributed by atoms with E-state index in [2.05, 4.69) is 20.7 Å². The quantitative estimate of drug-likeness (QED) is 0.413. The fraction of sp³-hybridized carbons (Fsp3) is 0.364. The zero-order chi connectivity index (χ0) is 22.3. The fourth-order valence-electron chi connectivity index (χ4n) is 3.65. The van der Waals surface area contributed by atoms with Crippen molar-refractivity contribution in [1.82, 2.24) is 14.6 Å². The summed E-state index contributed by atoms with van der Waals surface area (Å²) in [6.07, 6.45) is 9.57. The summed E-state index contributed by atoms with van der Waals surface area (Å²) in [5.41, 5.74) is 1.05. The molecule has 1 aliphatic rings. The highest BCUT2D eigenvalue weighted by molar-refractivity contribution is 7.89. The van der Waals surface area contributed by atoms with E-state index in [-0.39, 0.29) is 23.4 Å². The highest BCUT2D eigenvalue weighted by atomic mass is 35.5. The molecule has 0 amide bonds. The monoisotopic (exact) mass is 463 g/mol. The van der Waals surface area contributed by atoms with Crippen molar-refractivity contribution in [1.29, 1.82) is 0 Å². The Bertz CT molecular complexity index is 997. The minimum atomic E-state index is -3.66. The molecule has 0 spiro atoms. The first-order valence-corrected chi connectivity index (χ1v) is 12.0. The lowest BCUT2D eigenvalue weighted by Crippen LogP contribution is -2.37. The second-order valence-electron chi connectivity index (χ2n) is 7.58. The van der Waals surface area contributed by atoms with Crippen LogP contribution in [0, 0.1) is 0 Å². The maximum Gasteiger partial charge on any atom is 0.303 e. The molecule has 9 heteroatoms. The zero-order valence-corrected chi connectivity index (χ0v) is 18.6. The number of benzene rings is 1. The molecule has 1 aliphatic heterocycles. The molecule has 0 saturated carbocycles. The van der Waals surface area contributed by atoms with Gasteiger partial charge in [0.25, 0.3) is 0 Å². The number of nitrogens with zero attached hydrogens (tertiary/aromatic N) is 2. The standard InChI is InChI=1S/C22H26ClN3O4S/c23-18-8-10-21(11-9-18)31(29,30)25-19-13-20(6-2-1-3-7-22(27)28)26(16-19)15-17-5-4-12-24-14-17/h2,4-6,8-12,14,19-20,25H,1,3,7,13,15-16H2,(H,27,28). The normalized spacial score (nSPS) is 19.8. The number of nitrogens with one attached hydrogen (secondary N) is 1. The number of aromatic nitrogens is 1. The van der Waals surface area contributed by atoms with E-state index >= 15 is 0 Å². The van der Waals surface area contributed by atoms with E-state index in [1.807, 2.05) is 18.2 Å². The minimum absolute atomic E-state index is 0.0444. The zero-order valence-electron chi connectivity index (χ0n) is 17.0. The average Bonchev–Trinajstić information content (AvgIpc) is 3.08. The van der Waals surface area contributed by atoms with Crippen molar-refractivity contribution in [2.75, 3.05) is 6.54 Å². The van der Waals surface area contributed by atoms with E-state index < -0.39 is 16.0 Å². The molecular weight excluding hydrogens is 438 g/mol. The number of carboxylic acid groups (broad SMARTS) is 1. The van der Waals surface area contributed by atoms with Gasteiger partial charge in [0.1, 0.15) is 0 Å². The Balaban J connectivity index is 1.68. The summed E-state index contributed by atoms with van der Waals surface area (Å²) < 4.78 is 28.4. The molecule has 1 fully saturated rings. The summed E-state index contributed by atoms with van der Waals surface area (Å²) in [4.78, 5) is 17.2. The largest absolute Gasteiger partial charge is 0.481 e. The number of unbranched alkanes of at least 4 members (excludes halogenated alkanes) is 1. The number of aliphatic carboxylic acids is 1. The molecule has 166 valence electrons. The summed E-state index contributed by atoms with van der Waals surface area (Å²) in [6, 6.07) is 9.77. The average molecular weight is 464 g/mol. The molecule has 1 aromatic heterocycles. The van der Waals surface area contributed by atoms with Crippen LogP contribution in [0.15, 0.2) is 65.8 Å². The van der Waals surface area contributed by atoms with Crippen LogP contribution in [0.3, 0.4) is 0 Å². The van der Waals surface area contributed by atoms with Crippen LogP contribution >= 0.6 is 11.6 Å². The second kappa shape index (κ2) is 10.9. The lowest BCUT2D eigenvalue weighted by Gasteiger charge is -2.21. The van der Waals surface area contributed by atoms with E-state index in [1.165, 1.54) is 12.1 Å². The van der Waals surface area contributed by atoms with E-state index in [0.29, 0.717) is 37.4 Å². The van der Waals surface area contributed by atoms with Gasteiger partial charge in [-0.05, 0) is 55.2 Å². The summed E-state index contributed by atoms with van der Waals surface area (Å²) >= 11 is 5.87. The molecule has 2 aromatic rings. The van der Waals surface area contributed by atoms with Crippen molar-refractivity contribution in [3.63, 3.8) is 0 Å². The van der Waals surface area contributed by atoms with Crippen LogP contribution in [0.25, 0.3) is 0 Å². The molecule has 0 bridgehead atoms. The third kappa shape index (κ3) is 7.14. The van der Waals surface area contributed by atoms with Crippen molar-refractivity contribution < 1.29 is 18.3 Å². The van der Waals surface area contributed by atoms with Crippen LogP contribution in [0.5, 0.6) is 0 Å². The molecule has 2 unspecified atom stereocenters. The van der Waals surface area contributed by atoms with Gasteiger partial charge in [0, 0.05) is 49.0 Å². The van der Waals surface area contributed by atoms with Gasteiger partial charge in [0.15, 0.2) is 0 Å². The molecule has 2 heterocycles. The highest BCUT2D eigenvalue weighted by Crippen LogP contribution is 2.24. The Kier molecular flexibility index (Phi) is 8.20. The molecule has 2 N–H and O–H groups in total. The van der Waals surface area contributed by atoms with Crippen molar-refractivity contribution in [2.45, 2.75) is 49.2 Å². The second-order valence-corrected chi connectivity index (χ2v) is 9.73. The number of pyridine rings is 1. The van der Waals surface area contributed by atoms with E-state index in [9.17, 15) is 13.2 Å². The maximum atomic E-state index is 12.8. The topological polar surface area (TPSA) is 99.6 Å². The number of halogens is 1. The van der Waals surface area contributed by atoms with Gasteiger partial charge in [0.05, 0.1) is 4.90 Å². The van der Waals surface area contributed by atoms with Crippen molar-refractivity contribution in [3.8, 4) is 0 Å². The third-order valence-corrected chi connectivity index (χ3v) is 6.91. The molecule has 2 atom stereocenters. The SMILES string of the molecule is O=C(O)CCCC=CC1CC(NS(=O)(=O)c2ccc(Cl)cc2)CN1Cc1cccnc1. The first-order chi connectivity index (χ1) is 14.8. The van der Waals surface area contributed by atoms with Crippen LogP contribution in [-0.4, -0.2) is 48.0 Å². The van der Waals surface area contributed by atoms with Gasteiger partial charge in [-0.3, -0.25) is 14.7 Å². The predicted octanol–water partition coefficient (Wildman–Crippen LogP) is 3.47. The van der Waals surface area contributed by atoms with Crippen LogP contribution in [0.4, 0.5) is 0 Å². The number of carboxylic acids is 1. The van der Waals surface area contributed by atoms with Gasteiger partial charge in [-0.25, -0.2) is 13.1 Å². The molecule has 7 nitrogen and oxygen atoms in total. The van der Waals surface area contributed by atoms with Gasteiger partial charge in [-0.2, -0.15) is 0 Å². The number of carbonyl (C=O) groups is 1. The molecule has 31 heavy (non-hydrogen) atoms. The predicted molar refractivity (Wildman–Crippen MR) is 119 cm³/mol. The smallest absolute Gasteiger partial charge is 0.303 e. The summed E-state index contributed by atoms with van der Waals surface area (Å²) in [6.45, 7) is 1.21. The maximum absolute atomic E-state index is 12.8. The van der Waals surface area contributed by atoms with Gasteiger partial charge in [0.2, 0.25) is 10.0 Å². The number of hydrogen-bond donors (Lipinski definition) is 2. The van der Waals surface area contributed by atoms with E-state index in [4.69, 9.17) is 16.7 Å². The van der Waals surface area contributed by atoms with Gasteiger partial charge in [-0.15, -0.1) is 0 Å². The molecule has 0 radical (unpaired) electrons. The first kappa shape index (κ1) is 23.4. The lowest BCUT2D eigenvalue weighted by atomic mass is 10.1. The summed E-state index contributed by atoms with van der Waals surface area (Å²) in [7, 11) is -3.66.